The van der Waals surface area contributed by atoms with Crippen molar-refractivity contribution in [1.29, 1.82) is 0 Å². The number of nitrogens with one attached hydrogen (secondary N) is 2. The molecule has 0 aromatic heterocycles. The second-order valence-electron chi connectivity index (χ2n) is 8.18. The highest BCUT2D eigenvalue weighted by atomic mass is 32.2. The summed E-state index contributed by atoms with van der Waals surface area (Å²) in [6.07, 6.45) is 0. The van der Waals surface area contributed by atoms with Crippen molar-refractivity contribution in [2.24, 2.45) is 0 Å². The Balaban J connectivity index is 1.60. The topological polar surface area (TPSA) is 88.0 Å². The summed E-state index contributed by atoms with van der Waals surface area (Å²) < 4.78 is 27.6. The number of quaternary nitrogens is 1. The summed E-state index contributed by atoms with van der Waals surface area (Å²) in [5.41, 5.74) is 3.01. The van der Waals surface area contributed by atoms with Crippen molar-refractivity contribution in [3.63, 3.8) is 0 Å². The average Bonchev–Trinajstić information content (AvgIpc) is 2.73. The van der Waals surface area contributed by atoms with Gasteiger partial charge >= 0.3 is 0 Å². The van der Waals surface area contributed by atoms with Crippen LogP contribution in [0.1, 0.15) is 35.3 Å². The summed E-state index contributed by atoms with van der Waals surface area (Å²) in [7, 11) is -3.55. The molecule has 7 nitrogen and oxygen atoms in total. The molecule has 31 heavy (non-hydrogen) atoms. The Morgan fingerprint density at radius 1 is 1.03 bits per heavy atom. The van der Waals surface area contributed by atoms with Gasteiger partial charge in [-0.2, -0.15) is 4.31 Å². The molecule has 0 spiro atoms. The molecule has 166 valence electrons. The average molecular weight is 445 g/mol. The zero-order chi connectivity index (χ0) is 22.8. The van der Waals surface area contributed by atoms with Crippen LogP contribution in [0.4, 0.5) is 5.69 Å². The standard InChI is InChI=1S/C23H29N3O4S/c1-16-5-10-22(17(2)15-16)31(29,30)26-13-11-25(12-14-26)18(3)23(28)24-21-8-6-20(7-9-21)19(4)27/h5-10,15,18H,11-14H2,1-4H3,(H,24,28)/p+1/t18-/m1/s1. The lowest BCUT2D eigenvalue weighted by Gasteiger charge is -2.34. The molecule has 3 rings (SSSR count). The molecule has 0 unspecified atom stereocenters. The van der Waals surface area contributed by atoms with Gasteiger partial charge in [-0.05, 0) is 63.6 Å². The van der Waals surface area contributed by atoms with Crippen LogP contribution in [-0.4, -0.2) is 56.6 Å². The first-order valence-electron chi connectivity index (χ1n) is 10.4. The number of sulfonamides is 1. The largest absolute Gasteiger partial charge is 0.323 e. The minimum absolute atomic E-state index is 0.0238. The van der Waals surface area contributed by atoms with E-state index in [1.165, 1.54) is 11.2 Å². The van der Waals surface area contributed by atoms with E-state index in [4.69, 9.17) is 0 Å². The SMILES string of the molecule is CC(=O)c1ccc(NC(=O)[C@@H](C)[NH+]2CCN(S(=O)(=O)c3ccc(C)cc3C)CC2)cc1. The van der Waals surface area contributed by atoms with E-state index in [1.807, 2.05) is 32.9 Å². The van der Waals surface area contributed by atoms with Gasteiger partial charge in [-0.25, -0.2) is 8.42 Å². The third kappa shape index (κ3) is 5.20. The molecular weight excluding hydrogens is 414 g/mol. The third-order valence-electron chi connectivity index (χ3n) is 5.88. The van der Waals surface area contributed by atoms with Gasteiger partial charge in [-0.3, -0.25) is 9.59 Å². The lowest BCUT2D eigenvalue weighted by atomic mass is 10.1. The second-order valence-corrected chi connectivity index (χ2v) is 10.1. The number of nitrogens with zero attached hydrogens (tertiary/aromatic N) is 1. The maximum absolute atomic E-state index is 13.1. The fraction of sp³-hybridized carbons (Fsp3) is 0.391. The maximum atomic E-state index is 13.1. The van der Waals surface area contributed by atoms with Gasteiger partial charge in [0.05, 0.1) is 31.1 Å². The molecule has 2 aromatic rings. The summed E-state index contributed by atoms with van der Waals surface area (Å²) in [6, 6.07) is 11.8. The molecule has 2 N–H and O–H groups in total. The summed E-state index contributed by atoms with van der Waals surface area (Å²) in [6.45, 7) is 8.96. The summed E-state index contributed by atoms with van der Waals surface area (Å²) in [4.78, 5) is 25.4. The lowest BCUT2D eigenvalue weighted by molar-refractivity contribution is -0.917. The molecule has 1 aliphatic heterocycles. The molecule has 0 radical (unpaired) electrons. The van der Waals surface area contributed by atoms with Gasteiger partial charge in [0.1, 0.15) is 0 Å². The maximum Gasteiger partial charge on any atom is 0.282 e. The fourth-order valence-electron chi connectivity index (χ4n) is 3.90. The van der Waals surface area contributed by atoms with E-state index in [1.54, 1.807) is 30.3 Å². The number of rotatable bonds is 6. The van der Waals surface area contributed by atoms with E-state index >= 15 is 0 Å². The number of carbonyl (C=O) groups excluding carboxylic acids is 2. The highest BCUT2D eigenvalue weighted by molar-refractivity contribution is 7.89. The molecule has 0 aliphatic carbocycles. The minimum Gasteiger partial charge on any atom is -0.323 e. The Hall–Kier alpha value is -2.55. The van der Waals surface area contributed by atoms with E-state index in [0.717, 1.165) is 16.0 Å². The highest BCUT2D eigenvalue weighted by Gasteiger charge is 2.35. The molecule has 1 aliphatic rings. The number of carbonyl (C=O) groups is 2. The van der Waals surface area contributed by atoms with Crippen molar-refractivity contribution in [3.8, 4) is 0 Å². The molecule has 1 amide bonds. The van der Waals surface area contributed by atoms with Crippen LogP contribution in [0.5, 0.6) is 0 Å². The number of benzene rings is 2. The van der Waals surface area contributed by atoms with Gasteiger partial charge in [0, 0.05) is 11.3 Å². The minimum atomic E-state index is -3.55. The van der Waals surface area contributed by atoms with Gasteiger partial charge in [0.15, 0.2) is 11.8 Å². The van der Waals surface area contributed by atoms with Crippen LogP contribution >= 0.6 is 0 Å². The van der Waals surface area contributed by atoms with E-state index in [0.29, 0.717) is 42.3 Å². The summed E-state index contributed by atoms with van der Waals surface area (Å²) >= 11 is 0. The number of hydrogen-bond acceptors (Lipinski definition) is 4. The molecule has 1 fully saturated rings. The number of piperazine rings is 1. The van der Waals surface area contributed by atoms with Crippen molar-refractivity contribution >= 4 is 27.4 Å². The van der Waals surface area contributed by atoms with Crippen LogP contribution in [-0.2, 0) is 14.8 Å². The predicted molar refractivity (Wildman–Crippen MR) is 120 cm³/mol. The fourth-order valence-corrected chi connectivity index (χ4v) is 5.55. The van der Waals surface area contributed by atoms with Crippen LogP contribution in [0.15, 0.2) is 47.4 Å². The van der Waals surface area contributed by atoms with E-state index in [2.05, 4.69) is 5.32 Å². The Kier molecular flexibility index (Phi) is 6.93. The first-order valence-corrected chi connectivity index (χ1v) is 11.9. The first-order chi connectivity index (χ1) is 14.6. The molecular formula is C23H30N3O4S+. The van der Waals surface area contributed by atoms with Crippen LogP contribution in [0.2, 0.25) is 0 Å². The number of aryl methyl sites for hydroxylation is 2. The Labute approximate surface area is 184 Å². The van der Waals surface area contributed by atoms with Crippen LogP contribution in [0.25, 0.3) is 0 Å². The molecule has 1 saturated heterocycles. The number of anilines is 1. The van der Waals surface area contributed by atoms with Crippen LogP contribution in [0.3, 0.4) is 0 Å². The summed E-state index contributed by atoms with van der Waals surface area (Å²) in [5.74, 6) is -0.152. The first kappa shape index (κ1) is 23.1. The quantitative estimate of drug-likeness (QED) is 0.660. The number of ketones is 1. The molecule has 0 bridgehead atoms. The number of hydrogen-bond donors (Lipinski definition) is 2. The van der Waals surface area contributed by atoms with Crippen LogP contribution in [0, 0.1) is 13.8 Å². The Bertz CT molecular complexity index is 1070. The lowest BCUT2D eigenvalue weighted by Crippen LogP contribution is -3.19. The second kappa shape index (κ2) is 9.30. The molecule has 1 heterocycles. The molecule has 1 atom stereocenters. The van der Waals surface area contributed by atoms with Crippen LogP contribution < -0.4 is 10.2 Å². The van der Waals surface area contributed by atoms with Gasteiger partial charge in [0.2, 0.25) is 10.0 Å². The van der Waals surface area contributed by atoms with E-state index in [9.17, 15) is 18.0 Å². The van der Waals surface area contributed by atoms with Crippen molar-refractivity contribution in [1.82, 2.24) is 4.31 Å². The van der Waals surface area contributed by atoms with E-state index in [-0.39, 0.29) is 17.7 Å². The van der Waals surface area contributed by atoms with Crippen molar-refractivity contribution < 1.29 is 22.9 Å². The highest BCUT2D eigenvalue weighted by Crippen LogP contribution is 2.21. The summed E-state index contributed by atoms with van der Waals surface area (Å²) in [5, 5.41) is 2.88. The predicted octanol–water partition coefficient (Wildman–Crippen LogP) is 1.42. The monoisotopic (exact) mass is 444 g/mol. The number of Topliss-reactive ketones (excluding diaryl/α,β-unsaturated/α-hetero) is 1. The van der Waals surface area contributed by atoms with Crippen molar-refractivity contribution in [2.45, 2.75) is 38.6 Å². The molecule has 2 aromatic carbocycles. The van der Waals surface area contributed by atoms with Gasteiger partial charge in [0.25, 0.3) is 5.91 Å². The Morgan fingerprint density at radius 3 is 2.19 bits per heavy atom. The molecule has 8 heteroatoms. The van der Waals surface area contributed by atoms with Gasteiger partial charge < -0.3 is 10.2 Å². The normalized spacial score (nSPS) is 16.6. The van der Waals surface area contributed by atoms with E-state index < -0.39 is 10.0 Å². The third-order valence-corrected chi connectivity index (χ3v) is 7.94. The van der Waals surface area contributed by atoms with Crippen molar-refractivity contribution in [3.05, 3.63) is 59.2 Å². The van der Waals surface area contributed by atoms with Crippen molar-refractivity contribution in [2.75, 3.05) is 31.5 Å². The smallest absolute Gasteiger partial charge is 0.282 e. The molecule has 0 saturated carbocycles. The zero-order valence-electron chi connectivity index (χ0n) is 18.4. The number of amides is 1. The zero-order valence-corrected chi connectivity index (χ0v) is 19.3. The van der Waals surface area contributed by atoms with Gasteiger partial charge in [-0.1, -0.05) is 17.7 Å². The Morgan fingerprint density at radius 2 is 1.65 bits per heavy atom. The van der Waals surface area contributed by atoms with Gasteiger partial charge in [-0.15, -0.1) is 0 Å².